The van der Waals surface area contributed by atoms with Crippen LogP contribution >= 0.6 is 0 Å². The maximum Gasteiger partial charge on any atom is 0.303 e. The number of rotatable bonds is 10. The molecule has 108 valence electrons. The lowest BCUT2D eigenvalue weighted by atomic mass is 9.85. The highest BCUT2D eigenvalue weighted by atomic mass is 16.7. The van der Waals surface area contributed by atoms with E-state index < -0.39 is 5.97 Å². The van der Waals surface area contributed by atoms with Gasteiger partial charge in [-0.25, -0.2) is 0 Å². The van der Waals surface area contributed by atoms with Crippen molar-refractivity contribution < 1.29 is 19.4 Å². The molecule has 0 aromatic rings. The molecule has 0 aliphatic heterocycles. The van der Waals surface area contributed by atoms with Crippen LogP contribution in [0.25, 0.3) is 0 Å². The average molecular weight is 260 g/mol. The van der Waals surface area contributed by atoms with Gasteiger partial charge >= 0.3 is 5.97 Å². The number of carboxylic acid groups (broad SMARTS) is 1. The van der Waals surface area contributed by atoms with Crippen LogP contribution in [0.3, 0.4) is 0 Å². The van der Waals surface area contributed by atoms with E-state index in [-0.39, 0.29) is 18.6 Å². The predicted octanol–water partition coefficient (Wildman–Crippen LogP) is 3.16. The van der Waals surface area contributed by atoms with Gasteiger partial charge in [0, 0.05) is 27.1 Å². The molecule has 0 amide bonds. The highest BCUT2D eigenvalue weighted by molar-refractivity contribution is 5.66. The van der Waals surface area contributed by atoms with Crippen molar-refractivity contribution in [2.45, 2.75) is 52.7 Å². The van der Waals surface area contributed by atoms with Crippen molar-refractivity contribution in [2.75, 3.05) is 14.2 Å². The van der Waals surface area contributed by atoms with E-state index in [4.69, 9.17) is 14.6 Å². The monoisotopic (exact) mass is 260 g/mol. The molecule has 0 aromatic carbocycles. The maximum absolute atomic E-state index is 10.6. The Morgan fingerprint density at radius 2 is 1.67 bits per heavy atom. The third kappa shape index (κ3) is 7.67. The molecule has 0 aromatic heterocycles. The van der Waals surface area contributed by atoms with Crippen LogP contribution in [0, 0.1) is 17.8 Å². The summed E-state index contributed by atoms with van der Waals surface area (Å²) in [5.74, 6) is 0.573. The Morgan fingerprint density at radius 3 is 2.06 bits per heavy atom. The number of ether oxygens (including phenoxy) is 2. The zero-order chi connectivity index (χ0) is 14.1. The molecule has 4 heteroatoms. The summed E-state index contributed by atoms with van der Waals surface area (Å²) in [6.45, 7) is 6.37. The first kappa shape index (κ1) is 17.4. The Hall–Kier alpha value is -0.610. The quantitative estimate of drug-likeness (QED) is 0.613. The van der Waals surface area contributed by atoms with E-state index in [1.807, 2.05) is 6.92 Å². The number of aliphatic carboxylic acids is 1. The Labute approximate surface area is 111 Å². The maximum atomic E-state index is 10.6. The number of carboxylic acids is 1. The summed E-state index contributed by atoms with van der Waals surface area (Å²) in [4.78, 5) is 10.6. The Bertz CT molecular complexity index is 224. The summed E-state index contributed by atoms with van der Waals surface area (Å²) in [6, 6.07) is 0. The fourth-order valence-electron chi connectivity index (χ4n) is 2.16. The van der Waals surface area contributed by atoms with Crippen LogP contribution in [0.15, 0.2) is 0 Å². The minimum absolute atomic E-state index is 0.160. The fraction of sp³-hybridized carbons (Fsp3) is 0.929. The molecule has 2 atom stereocenters. The van der Waals surface area contributed by atoms with Crippen LogP contribution in [-0.2, 0) is 14.3 Å². The second kappa shape index (κ2) is 9.34. The molecule has 1 N–H and O–H groups in total. The highest BCUT2D eigenvalue weighted by Crippen LogP contribution is 2.26. The largest absolute Gasteiger partial charge is 0.481 e. The van der Waals surface area contributed by atoms with Gasteiger partial charge in [-0.1, -0.05) is 20.8 Å². The molecular formula is C14H28O4. The summed E-state index contributed by atoms with van der Waals surface area (Å²) in [6.07, 6.45) is 2.92. The van der Waals surface area contributed by atoms with Gasteiger partial charge < -0.3 is 14.6 Å². The molecule has 4 nitrogen and oxygen atoms in total. The van der Waals surface area contributed by atoms with Gasteiger partial charge in [0.05, 0.1) is 0 Å². The smallest absolute Gasteiger partial charge is 0.303 e. The van der Waals surface area contributed by atoms with E-state index in [1.165, 1.54) is 0 Å². The molecule has 0 spiro atoms. The second-order valence-electron chi connectivity index (χ2n) is 5.42. The standard InChI is InChI=1S/C14H28O4/c1-10(2)12(9-14(17-4)18-5)7-6-11(3)8-13(15)16/h10-12,14H,6-9H2,1-5H3,(H,15,16). The number of methoxy groups -OCH3 is 2. The zero-order valence-corrected chi connectivity index (χ0v) is 12.3. The minimum atomic E-state index is -0.713. The predicted molar refractivity (Wildman–Crippen MR) is 71.4 cm³/mol. The molecule has 0 aliphatic carbocycles. The lowest BCUT2D eigenvalue weighted by molar-refractivity contribution is -0.138. The number of hydrogen-bond acceptors (Lipinski definition) is 3. The van der Waals surface area contributed by atoms with Crippen molar-refractivity contribution >= 4 is 5.97 Å². The normalized spacial score (nSPS) is 15.1. The molecular weight excluding hydrogens is 232 g/mol. The first-order valence-corrected chi connectivity index (χ1v) is 6.68. The topological polar surface area (TPSA) is 55.8 Å². The molecule has 0 heterocycles. The van der Waals surface area contributed by atoms with Gasteiger partial charge in [0.1, 0.15) is 0 Å². The van der Waals surface area contributed by atoms with Crippen molar-refractivity contribution in [1.29, 1.82) is 0 Å². The molecule has 2 unspecified atom stereocenters. The second-order valence-corrected chi connectivity index (χ2v) is 5.42. The summed E-state index contributed by atoms with van der Waals surface area (Å²) in [7, 11) is 3.30. The zero-order valence-electron chi connectivity index (χ0n) is 12.3. The highest BCUT2D eigenvalue weighted by Gasteiger charge is 2.20. The molecule has 0 saturated carbocycles. The van der Waals surface area contributed by atoms with E-state index in [2.05, 4.69) is 13.8 Å². The van der Waals surface area contributed by atoms with Crippen molar-refractivity contribution in [3.05, 3.63) is 0 Å². The van der Waals surface area contributed by atoms with Gasteiger partial charge in [-0.3, -0.25) is 4.79 Å². The Kier molecular flexibility index (Phi) is 9.02. The minimum Gasteiger partial charge on any atom is -0.481 e. The molecule has 18 heavy (non-hydrogen) atoms. The Balaban J connectivity index is 4.15. The van der Waals surface area contributed by atoms with E-state index in [1.54, 1.807) is 14.2 Å². The molecule has 0 aliphatic rings. The van der Waals surface area contributed by atoms with Crippen LogP contribution < -0.4 is 0 Å². The summed E-state index contributed by atoms with van der Waals surface area (Å²) in [5.41, 5.74) is 0. The molecule has 0 bridgehead atoms. The molecule has 0 saturated heterocycles. The summed E-state index contributed by atoms with van der Waals surface area (Å²) < 4.78 is 10.5. The first-order chi connectivity index (χ1) is 8.40. The van der Waals surface area contributed by atoms with Crippen LogP contribution in [0.5, 0.6) is 0 Å². The van der Waals surface area contributed by atoms with E-state index in [0.717, 1.165) is 19.3 Å². The van der Waals surface area contributed by atoms with Crippen LogP contribution in [0.2, 0.25) is 0 Å². The van der Waals surface area contributed by atoms with Crippen LogP contribution in [0.1, 0.15) is 46.5 Å². The lowest BCUT2D eigenvalue weighted by Crippen LogP contribution is -2.22. The number of carbonyl (C=O) groups is 1. The van der Waals surface area contributed by atoms with Crippen LogP contribution in [0.4, 0.5) is 0 Å². The number of hydrogen-bond donors (Lipinski definition) is 1. The van der Waals surface area contributed by atoms with Gasteiger partial charge in [0.25, 0.3) is 0 Å². The molecule has 0 fully saturated rings. The lowest BCUT2D eigenvalue weighted by Gasteiger charge is -2.25. The van der Waals surface area contributed by atoms with E-state index >= 15 is 0 Å². The van der Waals surface area contributed by atoms with E-state index in [9.17, 15) is 4.79 Å². The fourth-order valence-corrected chi connectivity index (χ4v) is 2.16. The van der Waals surface area contributed by atoms with Crippen molar-refractivity contribution in [3.63, 3.8) is 0 Å². The molecule has 0 rings (SSSR count). The summed E-state index contributed by atoms with van der Waals surface area (Å²) in [5, 5.41) is 8.74. The Morgan fingerprint density at radius 1 is 1.11 bits per heavy atom. The van der Waals surface area contributed by atoms with Crippen LogP contribution in [-0.4, -0.2) is 31.6 Å². The van der Waals surface area contributed by atoms with Crippen molar-refractivity contribution in [3.8, 4) is 0 Å². The SMILES string of the molecule is COC(CC(CCC(C)CC(=O)O)C(C)C)OC. The summed E-state index contributed by atoms with van der Waals surface area (Å²) >= 11 is 0. The van der Waals surface area contributed by atoms with Gasteiger partial charge in [0.15, 0.2) is 6.29 Å². The third-order valence-corrected chi connectivity index (χ3v) is 3.52. The average Bonchev–Trinajstić information content (AvgIpc) is 2.28. The van der Waals surface area contributed by atoms with Gasteiger partial charge in [-0.2, -0.15) is 0 Å². The van der Waals surface area contributed by atoms with Gasteiger partial charge in [-0.05, 0) is 30.6 Å². The van der Waals surface area contributed by atoms with Crippen molar-refractivity contribution in [1.82, 2.24) is 0 Å². The van der Waals surface area contributed by atoms with Crippen molar-refractivity contribution in [2.24, 2.45) is 17.8 Å². The van der Waals surface area contributed by atoms with Gasteiger partial charge in [-0.15, -0.1) is 0 Å². The van der Waals surface area contributed by atoms with Gasteiger partial charge in [0.2, 0.25) is 0 Å². The molecule has 0 radical (unpaired) electrons. The third-order valence-electron chi connectivity index (χ3n) is 3.52. The first-order valence-electron chi connectivity index (χ1n) is 6.68. The van der Waals surface area contributed by atoms with E-state index in [0.29, 0.717) is 11.8 Å².